The number of nitrogens with one attached hydrogen (secondary N) is 1. The zero-order chi connectivity index (χ0) is 14.3. The Kier molecular flexibility index (Phi) is 3.67. The maximum atomic E-state index is 10.9. The van der Waals surface area contributed by atoms with E-state index < -0.39 is 4.92 Å². The second kappa shape index (κ2) is 5.31. The van der Waals surface area contributed by atoms with E-state index in [2.05, 4.69) is 17.1 Å². The Bertz CT molecular complexity index is 537. The number of rotatable bonds is 3. The van der Waals surface area contributed by atoms with Crippen molar-refractivity contribution in [3.05, 3.63) is 38.9 Å². The first-order valence-corrected chi connectivity index (χ1v) is 7.31. The first kappa shape index (κ1) is 13.8. The summed E-state index contributed by atoms with van der Waals surface area (Å²) >= 11 is 5.85. The number of benzene rings is 1. The van der Waals surface area contributed by atoms with Gasteiger partial charge in [0.15, 0.2) is 0 Å². The van der Waals surface area contributed by atoms with Gasteiger partial charge in [0, 0.05) is 25.2 Å². The maximum Gasteiger partial charge on any atom is 0.288 e. The Morgan fingerprint density at radius 1 is 1.50 bits per heavy atom. The molecule has 2 fully saturated rings. The number of nitro benzene ring substituents is 1. The van der Waals surface area contributed by atoms with Crippen molar-refractivity contribution in [2.75, 3.05) is 19.6 Å². The molecule has 1 aromatic rings. The van der Waals surface area contributed by atoms with Crippen LogP contribution in [0.1, 0.15) is 12.5 Å². The highest BCUT2D eigenvalue weighted by molar-refractivity contribution is 6.32. The van der Waals surface area contributed by atoms with Crippen molar-refractivity contribution in [3.63, 3.8) is 0 Å². The standard InChI is InChI=1S/C14H18ClN3O2/c1-9-12-6-16-5-11(12)8-17(9)7-10-2-3-13(15)14(4-10)18(19)20/h2-4,9,11-12,16H,5-8H2,1H3. The monoisotopic (exact) mass is 295 g/mol. The quantitative estimate of drug-likeness (QED) is 0.686. The molecule has 3 rings (SSSR count). The van der Waals surface area contributed by atoms with Crippen molar-refractivity contribution in [3.8, 4) is 0 Å². The fourth-order valence-electron chi connectivity index (χ4n) is 3.50. The lowest BCUT2D eigenvalue weighted by molar-refractivity contribution is -0.384. The molecule has 0 bridgehead atoms. The Morgan fingerprint density at radius 2 is 2.30 bits per heavy atom. The third-order valence-corrected chi connectivity index (χ3v) is 4.97. The highest BCUT2D eigenvalue weighted by Crippen LogP contribution is 2.34. The topological polar surface area (TPSA) is 58.4 Å². The molecule has 0 aromatic heterocycles. The number of likely N-dealkylation sites (tertiary alicyclic amines) is 1. The molecule has 2 heterocycles. The van der Waals surface area contributed by atoms with Crippen LogP contribution in [0.5, 0.6) is 0 Å². The first-order chi connectivity index (χ1) is 9.56. The summed E-state index contributed by atoms with van der Waals surface area (Å²) < 4.78 is 0. The minimum atomic E-state index is -0.419. The fraction of sp³-hybridized carbons (Fsp3) is 0.571. The lowest BCUT2D eigenvalue weighted by Gasteiger charge is -2.24. The van der Waals surface area contributed by atoms with Gasteiger partial charge in [-0.05, 0) is 43.5 Å². The minimum absolute atomic E-state index is 0.00197. The molecule has 0 saturated carbocycles. The SMILES string of the molecule is CC1C2CNCC2CN1Cc1ccc(Cl)c([N+](=O)[O-])c1. The molecule has 2 aliphatic heterocycles. The summed E-state index contributed by atoms with van der Waals surface area (Å²) in [6.07, 6.45) is 0. The number of nitrogens with zero attached hydrogens (tertiary/aromatic N) is 2. The number of nitro groups is 1. The van der Waals surface area contributed by atoms with E-state index in [0.29, 0.717) is 17.9 Å². The number of fused-ring (bicyclic) bond motifs is 1. The number of hydrogen-bond donors (Lipinski definition) is 1. The van der Waals surface area contributed by atoms with Crippen LogP contribution in [-0.2, 0) is 6.54 Å². The molecule has 0 aliphatic carbocycles. The predicted octanol–water partition coefficient (Wildman–Crippen LogP) is 2.29. The van der Waals surface area contributed by atoms with Crippen LogP contribution >= 0.6 is 11.6 Å². The molecule has 2 aliphatic rings. The molecule has 2 saturated heterocycles. The Hall–Kier alpha value is -1.17. The van der Waals surface area contributed by atoms with Crippen LogP contribution in [-0.4, -0.2) is 35.5 Å². The van der Waals surface area contributed by atoms with Gasteiger partial charge < -0.3 is 5.32 Å². The van der Waals surface area contributed by atoms with Gasteiger partial charge in [-0.15, -0.1) is 0 Å². The van der Waals surface area contributed by atoms with Crippen LogP contribution in [0.4, 0.5) is 5.69 Å². The smallest absolute Gasteiger partial charge is 0.288 e. The summed E-state index contributed by atoms with van der Waals surface area (Å²) in [5.41, 5.74) is 0.957. The van der Waals surface area contributed by atoms with Gasteiger partial charge in [-0.1, -0.05) is 17.7 Å². The average molecular weight is 296 g/mol. The van der Waals surface area contributed by atoms with Crippen LogP contribution in [0.3, 0.4) is 0 Å². The molecule has 0 spiro atoms. The summed E-state index contributed by atoms with van der Waals surface area (Å²) in [7, 11) is 0. The molecule has 3 atom stereocenters. The van der Waals surface area contributed by atoms with Gasteiger partial charge in [0.1, 0.15) is 5.02 Å². The van der Waals surface area contributed by atoms with E-state index in [0.717, 1.165) is 31.7 Å². The predicted molar refractivity (Wildman–Crippen MR) is 77.8 cm³/mol. The van der Waals surface area contributed by atoms with Crippen molar-refractivity contribution in [2.24, 2.45) is 11.8 Å². The fourth-order valence-corrected chi connectivity index (χ4v) is 3.68. The highest BCUT2D eigenvalue weighted by atomic mass is 35.5. The second-order valence-electron chi connectivity index (χ2n) is 5.80. The molecule has 0 amide bonds. The van der Waals surface area contributed by atoms with E-state index in [9.17, 15) is 10.1 Å². The van der Waals surface area contributed by atoms with E-state index in [1.165, 1.54) is 0 Å². The van der Waals surface area contributed by atoms with Crippen molar-refractivity contribution in [1.29, 1.82) is 0 Å². The highest BCUT2D eigenvalue weighted by Gasteiger charge is 2.41. The van der Waals surface area contributed by atoms with E-state index >= 15 is 0 Å². The zero-order valence-electron chi connectivity index (χ0n) is 11.4. The maximum absolute atomic E-state index is 10.9. The summed E-state index contributed by atoms with van der Waals surface area (Å²) in [5, 5.41) is 14.6. The number of halogens is 1. The molecular weight excluding hydrogens is 278 g/mol. The lowest BCUT2D eigenvalue weighted by atomic mass is 9.95. The molecular formula is C14H18ClN3O2. The first-order valence-electron chi connectivity index (χ1n) is 6.94. The molecule has 20 heavy (non-hydrogen) atoms. The third-order valence-electron chi connectivity index (χ3n) is 4.65. The van der Waals surface area contributed by atoms with Gasteiger partial charge in [-0.3, -0.25) is 15.0 Å². The summed E-state index contributed by atoms with van der Waals surface area (Å²) in [6.45, 7) is 6.25. The van der Waals surface area contributed by atoms with Crippen LogP contribution in [0.15, 0.2) is 18.2 Å². The van der Waals surface area contributed by atoms with Gasteiger partial charge in [-0.25, -0.2) is 0 Å². The van der Waals surface area contributed by atoms with E-state index in [1.807, 2.05) is 6.07 Å². The Morgan fingerprint density at radius 3 is 3.00 bits per heavy atom. The summed E-state index contributed by atoms with van der Waals surface area (Å²) in [4.78, 5) is 12.9. The number of hydrogen-bond acceptors (Lipinski definition) is 4. The van der Waals surface area contributed by atoms with Gasteiger partial charge in [0.2, 0.25) is 0 Å². The summed E-state index contributed by atoms with van der Waals surface area (Å²) in [6, 6.07) is 5.62. The lowest BCUT2D eigenvalue weighted by Crippen LogP contribution is -2.32. The third kappa shape index (κ3) is 2.41. The Labute approximate surface area is 123 Å². The van der Waals surface area contributed by atoms with E-state index in [4.69, 9.17) is 11.6 Å². The largest absolute Gasteiger partial charge is 0.316 e. The van der Waals surface area contributed by atoms with E-state index in [-0.39, 0.29) is 10.7 Å². The zero-order valence-corrected chi connectivity index (χ0v) is 12.1. The van der Waals surface area contributed by atoms with Crippen LogP contribution < -0.4 is 5.32 Å². The van der Waals surface area contributed by atoms with Gasteiger partial charge in [-0.2, -0.15) is 0 Å². The molecule has 3 unspecified atom stereocenters. The molecule has 5 nitrogen and oxygen atoms in total. The van der Waals surface area contributed by atoms with Crippen LogP contribution in [0, 0.1) is 22.0 Å². The minimum Gasteiger partial charge on any atom is -0.316 e. The molecule has 0 radical (unpaired) electrons. The molecule has 1 N–H and O–H groups in total. The van der Waals surface area contributed by atoms with Gasteiger partial charge in [0.25, 0.3) is 5.69 Å². The van der Waals surface area contributed by atoms with E-state index in [1.54, 1.807) is 12.1 Å². The van der Waals surface area contributed by atoms with Gasteiger partial charge in [0.05, 0.1) is 4.92 Å². The summed E-state index contributed by atoms with van der Waals surface area (Å²) in [5.74, 6) is 1.42. The van der Waals surface area contributed by atoms with Crippen LogP contribution in [0.2, 0.25) is 5.02 Å². The van der Waals surface area contributed by atoms with Crippen molar-refractivity contribution in [2.45, 2.75) is 19.5 Å². The van der Waals surface area contributed by atoms with Crippen molar-refractivity contribution in [1.82, 2.24) is 10.2 Å². The molecule has 1 aromatic carbocycles. The molecule has 108 valence electrons. The Balaban J connectivity index is 1.75. The average Bonchev–Trinajstić information content (AvgIpc) is 2.96. The normalized spacial score (nSPS) is 29.6. The van der Waals surface area contributed by atoms with Gasteiger partial charge >= 0.3 is 0 Å². The second-order valence-corrected chi connectivity index (χ2v) is 6.20. The van der Waals surface area contributed by atoms with Crippen molar-refractivity contribution < 1.29 is 4.92 Å². The molecule has 6 heteroatoms. The van der Waals surface area contributed by atoms with Crippen LogP contribution in [0.25, 0.3) is 0 Å². The van der Waals surface area contributed by atoms with Crippen molar-refractivity contribution >= 4 is 17.3 Å².